The Balaban J connectivity index is 2.74. The Bertz CT molecular complexity index is 418. The normalized spacial score (nSPS) is 15.6. The average Bonchev–Trinajstić information content (AvgIpc) is 2.30. The molecule has 0 spiro atoms. The first-order valence-corrected chi connectivity index (χ1v) is 7.16. The van der Waals surface area contributed by atoms with E-state index in [1.807, 2.05) is 0 Å². The van der Waals surface area contributed by atoms with E-state index in [0.717, 1.165) is 6.54 Å². The maximum Gasteiger partial charge on any atom is 0.0424 e. The maximum atomic E-state index is 6.35. The van der Waals surface area contributed by atoms with Gasteiger partial charge in [0.25, 0.3) is 0 Å². The Morgan fingerprint density at radius 3 is 2.21 bits per heavy atom. The Morgan fingerprint density at radius 2 is 1.74 bits per heavy atom. The highest BCUT2D eigenvalue weighted by molar-refractivity contribution is 5.31. The summed E-state index contributed by atoms with van der Waals surface area (Å²) in [6.45, 7) is 14.3. The molecule has 2 N–H and O–H groups in total. The number of nitrogens with two attached hydrogens (primary N) is 1. The molecule has 0 aliphatic heterocycles. The molecule has 2 atom stereocenters. The Labute approximate surface area is 119 Å². The molecule has 0 saturated carbocycles. The van der Waals surface area contributed by atoms with E-state index in [1.54, 1.807) is 0 Å². The predicted octanol–water partition coefficient (Wildman–Crippen LogP) is 3.67. The summed E-state index contributed by atoms with van der Waals surface area (Å²) in [5.74, 6) is 0. The Morgan fingerprint density at radius 1 is 1.16 bits per heavy atom. The second-order valence-electron chi connectivity index (χ2n) is 6.93. The van der Waals surface area contributed by atoms with Crippen LogP contribution in [-0.4, -0.2) is 24.5 Å². The van der Waals surface area contributed by atoms with Gasteiger partial charge < -0.3 is 10.6 Å². The minimum atomic E-state index is 0.0779. The molecule has 0 amide bonds. The highest BCUT2D eigenvalue weighted by atomic mass is 15.1. The third kappa shape index (κ3) is 4.32. The SMILES string of the molecule is Cc1ccc(C(N)CN(C)C(C)C(C)(C)C)cc1C. The molecule has 0 heterocycles. The Hall–Kier alpha value is -0.860. The van der Waals surface area contributed by atoms with Gasteiger partial charge in [0, 0.05) is 18.6 Å². The van der Waals surface area contributed by atoms with Crippen LogP contribution in [0.3, 0.4) is 0 Å². The van der Waals surface area contributed by atoms with Gasteiger partial charge in [-0.15, -0.1) is 0 Å². The molecular formula is C17H30N2. The summed E-state index contributed by atoms with van der Waals surface area (Å²) in [4.78, 5) is 2.36. The summed E-state index contributed by atoms with van der Waals surface area (Å²) in [6.07, 6.45) is 0. The van der Waals surface area contributed by atoms with E-state index < -0.39 is 0 Å². The highest BCUT2D eigenvalue weighted by Gasteiger charge is 2.25. The van der Waals surface area contributed by atoms with Gasteiger partial charge in [0.15, 0.2) is 0 Å². The molecule has 0 aliphatic rings. The first kappa shape index (κ1) is 16.2. The van der Waals surface area contributed by atoms with Crippen molar-refractivity contribution < 1.29 is 0 Å². The smallest absolute Gasteiger partial charge is 0.0424 e. The van der Waals surface area contributed by atoms with Gasteiger partial charge in [-0.3, -0.25) is 0 Å². The number of likely N-dealkylation sites (N-methyl/N-ethyl adjacent to an activating group) is 1. The number of hydrogen-bond donors (Lipinski definition) is 1. The van der Waals surface area contributed by atoms with E-state index in [4.69, 9.17) is 5.73 Å². The van der Waals surface area contributed by atoms with Crippen molar-refractivity contribution in [3.8, 4) is 0 Å². The summed E-state index contributed by atoms with van der Waals surface area (Å²) in [7, 11) is 2.16. The Kier molecular flexibility index (Phi) is 5.17. The molecule has 1 rings (SSSR count). The quantitative estimate of drug-likeness (QED) is 0.897. The first-order chi connectivity index (χ1) is 8.62. The minimum Gasteiger partial charge on any atom is -0.323 e. The van der Waals surface area contributed by atoms with E-state index in [0.29, 0.717) is 6.04 Å². The lowest BCUT2D eigenvalue weighted by Crippen LogP contribution is -2.42. The molecule has 2 unspecified atom stereocenters. The summed E-state index contributed by atoms with van der Waals surface area (Å²) in [6, 6.07) is 7.12. The van der Waals surface area contributed by atoms with Gasteiger partial charge >= 0.3 is 0 Å². The van der Waals surface area contributed by atoms with Crippen LogP contribution in [0.2, 0.25) is 0 Å². The van der Waals surface area contributed by atoms with Gasteiger partial charge in [-0.05, 0) is 49.9 Å². The molecule has 19 heavy (non-hydrogen) atoms. The van der Waals surface area contributed by atoms with Gasteiger partial charge in [0.2, 0.25) is 0 Å². The highest BCUT2D eigenvalue weighted by Crippen LogP contribution is 2.24. The molecule has 2 nitrogen and oxygen atoms in total. The lowest BCUT2D eigenvalue weighted by molar-refractivity contribution is 0.134. The van der Waals surface area contributed by atoms with Crippen LogP contribution < -0.4 is 5.73 Å². The van der Waals surface area contributed by atoms with Gasteiger partial charge in [-0.1, -0.05) is 39.0 Å². The van der Waals surface area contributed by atoms with Crippen molar-refractivity contribution in [1.29, 1.82) is 0 Å². The average molecular weight is 262 g/mol. The topological polar surface area (TPSA) is 29.3 Å². The molecule has 1 aromatic carbocycles. The summed E-state index contributed by atoms with van der Waals surface area (Å²) < 4.78 is 0. The molecule has 0 radical (unpaired) electrons. The number of benzene rings is 1. The van der Waals surface area contributed by atoms with Crippen molar-refractivity contribution in [3.05, 3.63) is 34.9 Å². The molecule has 0 bridgehead atoms. The largest absolute Gasteiger partial charge is 0.323 e. The zero-order chi connectivity index (χ0) is 14.8. The van der Waals surface area contributed by atoms with Gasteiger partial charge in [-0.2, -0.15) is 0 Å². The lowest BCUT2D eigenvalue weighted by Gasteiger charge is -2.36. The second-order valence-corrected chi connectivity index (χ2v) is 6.93. The number of hydrogen-bond acceptors (Lipinski definition) is 2. The summed E-state index contributed by atoms with van der Waals surface area (Å²) in [5.41, 5.74) is 10.5. The lowest BCUT2D eigenvalue weighted by atomic mass is 9.87. The van der Waals surface area contributed by atoms with Crippen molar-refractivity contribution in [2.45, 2.75) is 53.6 Å². The molecule has 0 saturated heterocycles. The van der Waals surface area contributed by atoms with Crippen LogP contribution in [-0.2, 0) is 0 Å². The molecule has 1 aromatic rings. The van der Waals surface area contributed by atoms with Crippen molar-refractivity contribution in [2.24, 2.45) is 11.1 Å². The maximum absolute atomic E-state index is 6.35. The first-order valence-electron chi connectivity index (χ1n) is 7.16. The van der Waals surface area contributed by atoms with E-state index in [-0.39, 0.29) is 11.5 Å². The second kappa shape index (κ2) is 6.06. The van der Waals surface area contributed by atoms with Gasteiger partial charge in [-0.25, -0.2) is 0 Å². The molecule has 2 heteroatoms. The van der Waals surface area contributed by atoms with Crippen molar-refractivity contribution in [1.82, 2.24) is 4.90 Å². The minimum absolute atomic E-state index is 0.0779. The monoisotopic (exact) mass is 262 g/mol. The van der Waals surface area contributed by atoms with Crippen LogP contribution in [0.25, 0.3) is 0 Å². The molecule has 0 fully saturated rings. The summed E-state index contributed by atoms with van der Waals surface area (Å²) >= 11 is 0. The van der Waals surface area contributed by atoms with E-state index >= 15 is 0 Å². The van der Waals surface area contributed by atoms with Crippen LogP contribution in [0.4, 0.5) is 0 Å². The van der Waals surface area contributed by atoms with E-state index in [1.165, 1.54) is 16.7 Å². The molecule has 108 valence electrons. The van der Waals surface area contributed by atoms with E-state index in [2.05, 4.69) is 71.7 Å². The zero-order valence-corrected chi connectivity index (χ0v) is 13.6. The van der Waals surface area contributed by atoms with Gasteiger partial charge in [0.05, 0.1) is 0 Å². The van der Waals surface area contributed by atoms with Crippen molar-refractivity contribution >= 4 is 0 Å². The fourth-order valence-electron chi connectivity index (χ4n) is 2.23. The van der Waals surface area contributed by atoms with Crippen LogP contribution in [0.5, 0.6) is 0 Å². The fraction of sp³-hybridized carbons (Fsp3) is 0.647. The third-order valence-electron chi connectivity index (χ3n) is 4.36. The van der Waals surface area contributed by atoms with Crippen LogP contribution in [0.1, 0.15) is 50.4 Å². The summed E-state index contributed by atoms with van der Waals surface area (Å²) in [5, 5.41) is 0. The zero-order valence-electron chi connectivity index (χ0n) is 13.6. The van der Waals surface area contributed by atoms with E-state index in [9.17, 15) is 0 Å². The predicted molar refractivity (Wildman–Crippen MR) is 84.4 cm³/mol. The van der Waals surface area contributed by atoms with Crippen molar-refractivity contribution in [3.63, 3.8) is 0 Å². The van der Waals surface area contributed by atoms with Crippen LogP contribution >= 0.6 is 0 Å². The molecule has 0 aromatic heterocycles. The van der Waals surface area contributed by atoms with Crippen LogP contribution in [0.15, 0.2) is 18.2 Å². The molecular weight excluding hydrogens is 232 g/mol. The van der Waals surface area contributed by atoms with Gasteiger partial charge in [0.1, 0.15) is 0 Å². The number of nitrogens with zero attached hydrogens (tertiary/aromatic N) is 1. The third-order valence-corrected chi connectivity index (χ3v) is 4.36. The molecule has 0 aliphatic carbocycles. The standard InChI is InChI=1S/C17H30N2/c1-12-8-9-15(10-13(12)2)16(18)11-19(7)14(3)17(4,5)6/h8-10,14,16H,11,18H2,1-7H3. The number of rotatable bonds is 4. The number of aryl methyl sites for hydroxylation is 2. The van der Waals surface area contributed by atoms with Crippen molar-refractivity contribution in [2.75, 3.05) is 13.6 Å². The fourth-order valence-corrected chi connectivity index (χ4v) is 2.23. The van der Waals surface area contributed by atoms with Crippen LogP contribution in [0, 0.1) is 19.3 Å².